The number of nitrogens with one attached hydrogen (secondary N) is 1. The highest BCUT2D eigenvalue weighted by atomic mass is 31.1. The van der Waals surface area contributed by atoms with E-state index in [0.717, 1.165) is 58.5 Å². The van der Waals surface area contributed by atoms with Crippen LogP contribution in [0.4, 0.5) is 0 Å². The zero-order valence-corrected chi connectivity index (χ0v) is 26.9. The van der Waals surface area contributed by atoms with Crippen molar-refractivity contribution in [2.75, 3.05) is 20.2 Å². The van der Waals surface area contributed by atoms with Gasteiger partial charge >= 0.3 is 0 Å². The number of amides is 1. The first-order chi connectivity index (χ1) is 22.1. The average Bonchev–Trinajstić information content (AvgIpc) is 3.11. The van der Waals surface area contributed by atoms with Gasteiger partial charge in [0.2, 0.25) is 0 Å². The van der Waals surface area contributed by atoms with Crippen LogP contribution in [-0.2, 0) is 0 Å². The molecule has 228 valence electrons. The van der Waals surface area contributed by atoms with E-state index in [9.17, 15) is 4.79 Å². The summed E-state index contributed by atoms with van der Waals surface area (Å²) in [6.07, 6.45) is 5.41. The Bertz CT molecular complexity index is 1740. The van der Waals surface area contributed by atoms with Crippen molar-refractivity contribution >= 4 is 40.6 Å². The van der Waals surface area contributed by atoms with Crippen molar-refractivity contribution < 1.29 is 9.53 Å². The second-order valence-electron chi connectivity index (χ2n) is 12.3. The van der Waals surface area contributed by atoms with E-state index in [0.29, 0.717) is 5.92 Å². The Labute approximate surface area is 267 Å². The van der Waals surface area contributed by atoms with Gasteiger partial charge in [-0.2, -0.15) is 0 Å². The van der Waals surface area contributed by atoms with Gasteiger partial charge in [-0.05, 0) is 91.0 Å². The smallest absolute Gasteiger partial charge is 0.252 e. The van der Waals surface area contributed by atoms with E-state index < -0.39 is 7.92 Å². The lowest BCUT2D eigenvalue weighted by Crippen LogP contribution is -2.57. The Morgan fingerprint density at radius 1 is 0.956 bits per heavy atom. The lowest BCUT2D eigenvalue weighted by Gasteiger charge is -2.52. The topological polar surface area (TPSA) is 54.5 Å². The molecule has 3 aliphatic rings. The number of methoxy groups -OCH3 is 1. The molecule has 2 bridgehead atoms. The molecule has 3 saturated heterocycles. The highest BCUT2D eigenvalue weighted by Gasteiger charge is 2.43. The number of hydrogen-bond acceptors (Lipinski definition) is 4. The SMILES string of the molecule is CCC1CN2CCC1C[C@@H]2C(NC(=O)c1ccccc1P(c1ccccc1)c1ccccc1)c1ccnc2ccc(OC)cc12. The first-order valence-corrected chi connectivity index (χ1v) is 17.5. The molecule has 1 aromatic heterocycles. The fourth-order valence-electron chi connectivity index (χ4n) is 7.58. The van der Waals surface area contributed by atoms with Crippen molar-refractivity contribution in [2.24, 2.45) is 11.8 Å². The third-order valence-electron chi connectivity index (χ3n) is 9.87. The minimum absolute atomic E-state index is 0.0301. The number of piperidine rings is 3. The molecular formula is C39H40N3O2P. The van der Waals surface area contributed by atoms with E-state index in [1.807, 2.05) is 30.5 Å². The molecule has 5 atom stereocenters. The Morgan fingerprint density at radius 3 is 2.33 bits per heavy atom. The summed E-state index contributed by atoms with van der Waals surface area (Å²) in [5, 5.41) is 8.18. The van der Waals surface area contributed by atoms with Crippen LogP contribution in [0.2, 0.25) is 0 Å². The number of nitrogens with zero attached hydrogens (tertiary/aromatic N) is 2. The third kappa shape index (κ3) is 5.88. The summed E-state index contributed by atoms with van der Waals surface area (Å²) in [5.74, 6) is 2.17. The molecule has 0 saturated carbocycles. The van der Waals surface area contributed by atoms with E-state index in [1.54, 1.807) is 7.11 Å². The summed E-state index contributed by atoms with van der Waals surface area (Å²) < 4.78 is 5.63. The Kier molecular flexibility index (Phi) is 8.65. The molecule has 3 fully saturated rings. The molecule has 5 aromatic rings. The van der Waals surface area contributed by atoms with Gasteiger partial charge in [-0.15, -0.1) is 0 Å². The number of benzene rings is 4. The number of carbonyl (C=O) groups excluding carboxylic acids is 1. The minimum Gasteiger partial charge on any atom is -0.497 e. The molecule has 0 spiro atoms. The summed E-state index contributed by atoms with van der Waals surface area (Å²) in [7, 11) is 0.757. The maximum Gasteiger partial charge on any atom is 0.252 e. The quantitative estimate of drug-likeness (QED) is 0.191. The predicted molar refractivity (Wildman–Crippen MR) is 186 cm³/mol. The summed E-state index contributed by atoms with van der Waals surface area (Å²) in [4.78, 5) is 22.0. The second-order valence-corrected chi connectivity index (χ2v) is 14.5. The van der Waals surface area contributed by atoms with Crippen LogP contribution in [0, 0.1) is 11.8 Å². The van der Waals surface area contributed by atoms with Gasteiger partial charge in [0.1, 0.15) is 5.75 Å². The average molecular weight is 614 g/mol. The van der Waals surface area contributed by atoms with Crippen LogP contribution in [-0.4, -0.2) is 42.0 Å². The van der Waals surface area contributed by atoms with Gasteiger partial charge in [-0.25, -0.2) is 0 Å². The zero-order valence-electron chi connectivity index (χ0n) is 26.0. The molecular weight excluding hydrogens is 573 g/mol. The largest absolute Gasteiger partial charge is 0.497 e. The normalized spacial score (nSPS) is 21.5. The van der Waals surface area contributed by atoms with Crippen molar-refractivity contribution in [1.29, 1.82) is 0 Å². The Balaban J connectivity index is 1.32. The van der Waals surface area contributed by atoms with Gasteiger partial charge in [0.15, 0.2) is 0 Å². The van der Waals surface area contributed by atoms with Crippen molar-refractivity contribution in [3.8, 4) is 5.75 Å². The molecule has 4 heterocycles. The molecule has 5 nitrogen and oxygen atoms in total. The van der Waals surface area contributed by atoms with Gasteiger partial charge in [-0.3, -0.25) is 14.7 Å². The summed E-state index contributed by atoms with van der Waals surface area (Å²) in [6, 6.07) is 37.5. The lowest BCUT2D eigenvalue weighted by molar-refractivity contribution is -0.0152. The van der Waals surface area contributed by atoms with E-state index >= 15 is 0 Å². The van der Waals surface area contributed by atoms with Crippen LogP contribution in [0.1, 0.15) is 48.1 Å². The number of ether oxygens (including phenoxy) is 1. The molecule has 1 N–H and O–H groups in total. The van der Waals surface area contributed by atoms with E-state index in [1.165, 1.54) is 23.5 Å². The maximum atomic E-state index is 14.7. The number of carbonyl (C=O) groups is 1. The fourth-order valence-corrected chi connectivity index (χ4v) is 10.0. The summed E-state index contributed by atoms with van der Waals surface area (Å²) in [5.41, 5.74) is 2.75. The van der Waals surface area contributed by atoms with E-state index in [4.69, 9.17) is 4.74 Å². The van der Waals surface area contributed by atoms with Crippen LogP contribution >= 0.6 is 7.92 Å². The van der Waals surface area contributed by atoms with Crippen molar-refractivity contribution in [3.05, 3.63) is 127 Å². The standard InChI is InChI=1S/C39H40N3O2P/c1-3-27-26-42-23-21-28(27)24-36(42)38(32-20-22-40-35-19-18-29(44-2)25-34(32)35)41-39(43)33-16-10-11-17-37(33)45(30-12-6-4-7-13-30)31-14-8-5-9-15-31/h4-20,22,25,27-28,36,38H,3,21,23-24,26H2,1-2H3,(H,41,43)/t27?,28?,36-,38?/m1/s1. The van der Waals surface area contributed by atoms with Crippen molar-refractivity contribution in [2.45, 2.75) is 38.3 Å². The predicted octanol–water partition coefficient (Wildman–Crippen LogP) is 6.59. The van der Waals surface area contributed by atoms with Crippen LogP contribution in [0.5, 0.6) is 5.75 Å². The highest BCUT2D eigenvalue weighted by Crippen LogP contribution is 2.43. The first kappa shape index (κ1) is 29.6. The number of rotatable bonds is 9. The molecule has 3 aliphatic heterocycles. The molecule has 4 aromatic carbocycles. The second kappa shape index (κ2) is 13.1. The van der Waals surface area contributed by atoms with Gasteiger partial charge < -0.3 is 10.1 Å². The van der Waals surface area contributed by atoms with Gasteiger partial charge in [0.25, 0.3) is 5.91 Å². The summed E-state index contributed by atoms with van der Waals surface area (Å²) in [6.45, 7) is 4.49. The highest BCUT2D eigenvalue weighted by molar-refractivity contribution is 7.80. The third-order valence-corrected chi connectivity index (χ3v) is 12.4. The monoisotopic (exact) mass is 613 g/mol. The Morgan fingerprint density at radius 2 is 1.67 bits per heavy atom. The zero-order chi connectivity index (χ0) is 30.8. The fraction of sp³-hybridized carbons (Fsp3) is 0.282. The van der Waals surface area contributed by atoms with Gasteiger partial charge in [0.05, 0.1) is 18.7 Å². The van der Waals surface area contributed by atoms with Crippen LogP contribution in [0.15, 0.2) is 115 Å². The van der Waals surface area contributed by atoms with Gasteiger partial charge in [0, 0.05) is 29.7 Å². The first-order valence-electron chi connectivity index (χ1n) is 16.1. The number of hydrogen-bond donors (Lipinski definition) is 1. The number of fused-ring (bicyclic) bond motifs is 4. The van der Waals surface area contributed by atoms with E-state index in [2.05, 4.69) is 107 Å². The molecule has 0 aliphatic carbocycles. The molecule has 6 heteroatoms. The van der Waals surface area contributed by atoms with Gasteiger partial charge in [-0.1, -0.05) is 92.2 Å². The van der Waals surface area contributed by atoms with Crippen LogP contribution in [0.25, 0.3) is 10.9 Å². The van der Waals surface area contributed by atoms with Crippen molar-refractivity contribution in [1.82, 2.24) is 15.2 Å². The molecule has 1 amide bonds. The van der Waals surface area contributed by atoms with Crippen LogP contribution < -0.4 is 26.0 Å². The molecule has 4 unspecified atom stereocenters. The Hall–Kier alpha value is -4.05. The lowest BCUT2D eigenvalue weighted by atomic mass is 9.72. The molecule has 0 radical (unpaired) electrons. The minimum atomic E-state index is -0.939. The van der Waals surface area contributed by atoms with Crippen LogP contribution in [0.3, 0.4) is 0 Å². The molecule has 45 heavy (non-hydrogen) atoms. The van der Waals surface area contributed by atoms with E-state index in [-0.39, 0.29) is 18.0 Å². The maximum absolute atomic E-state index is 14.7. The number of pyridine rings is 1. The summed E-state index contributed by atoms with van der Waals surface area (Å²) >= 11 is 0. The molecule has 8 rings (SSSR count). The number of aromatic nitrogens is 1. The van der Waals surface area contributed by atoms with Crippen molar-refractivity contribution in [3.63, 3.8) is 0 Å².